The normalized spacial score (nSPS) is 27.0. The number of aromatic amines is 1. The zero-order valence-corrected chi connectivity index (χ0v) is 14.1. The van der Waals surface area contributed by atoms with Crippen LogP contribution in [0.15, 0.2) is 0 Å². The first-order valence-electron chi connectivity index (χ1n) is 8.57. The first kappa shape index (κ1) is 15.5. The van der Waals surface area contributed by atoms with Crippen LogP contribution >= 0.6 is 0 Å². The fourth-order valence-corrected chi connectivity index (χ4v) is 4.22. The van der Waals surface area contributed by atoms with E-state index in [-0.39, 0.29) is 23.7 Å². The maximum Gasteiger partial charge on any atom is 0.275 e. The zero-order valence-electron chi connectivity index (χ0n) is 14.1. The molecular formula is C17H27N3O2. The van der Waals surface area contributed by atoms with Gasteiger partial charge in [-0.3, -0.25) is 9.89 Å². The molecule has 0 spiro atoms. The smallest absolute Gasteiger partial charge is 0.275 e. The highest BCUT2D eigenvalue weighted by Crippen LogP contribution is 2.38. The van der Waals surface area contributed by atoms with Crippen LogP contribution in [0.3, 0.4) is 0 Å². The maximum absolute atomic E-state index is 13.1. The first-order valence-corrected chi connectivity index (χ1v) is 8.57. The van der Waals surface area contributed by atoms with E-state index in [1.165, 1.54) is 0 Å². The Hall–Kier alpha value is -1.36. The van der Waals surface area contributed by atoms with Gasteiger partial charge in [0.25, 0.3) is 5.91 Å². The summed E-state index contributed by atoms with van der Waals surface area (Å²) in [6.07, 6.45) is 5.09. The van der Waals surface area contributed by atoms with Gasteiger partial charge in [-0.2, -0.15) is 5.10 Å². The minimum atomic E-state index is -0.0199. The molecule has 0 saturated carbocycles. The van der Waals surface area contributed by atoms with Crippen molar-refractivity contribution in [3.8, 4) is 0 Å². The Morgan fingerprint density at radius 1 is 1.41 bits per heavy atom. The fraction of sp³-hybridized carbons (Fsp3) is 0.765. The molecule has 1 amide bonds. The molecule has 1 fully saturated rings. The number of amides is 1. The van der Waals surface area contributed by atoms with Gasteiger partial charge < -0.3 is 9.64 Å². The monoisotopic (exact) mass is 305 g/mol. The molecule has 0 radical (unpaired) electrons. The number of nitrogens with zero attached hydrogens (tertiary/aromatic N) is 2. The van der Waals surface area contributed by atoms with E-state index < -0.39 is 0 Å². The number of carbonyl (C=O) groups is 1. The molecule has 1 N–H and O–H groups in total. The molecule has 1 saturated heterocycles. The highest BCUT2D eigenvalue weighted by Gasteiger charge is 2.43. The number of hydrogen-bond donors (Lipinski definition) is 1. The molecule has 122 valence electrons. The lowest BCUT2D eigenvalue weighted by Crippen LogP contribution is -2.47. The number of ether oxygens (including phenoxy) is 1. The summed E-state index contributed by atoms with van der Waals surface area (Å²) in [6.45, 7) is 9.29. The second-order valence-corrected chi connectivity index (χ2v) is 6.75. The molecule has 0 unspecified atom stereocenters. The lowest BCUT2D eigenvalue weighted by atomic mass is 9.89. The van der Waals surface area contributed by atoms with Gasteiger partial charge >= 0.3 is 0 Å². The second-order valence-electron chi connectivity index (χ2n) is 6.75. The summed E-state index contributed by atoms with van der Waals surface area (Å²) in [5, 5.41) is 7.41. The Kier molecular flexibility index (Phi) is 4.02. The van der Waals surface area contributed by atoms with E-state index in [4.69, 9.17) is 4.74 Å². The Labute approximate surface area is 132 Å². The highest BCUT2D eigenvalue weighted by atomic mass is 16.5. The van der Waals surface area contributed by atoms with E-state index in [9.17, 15) is 4.79 Å². The van der Waals surface area contributed by atoms with Crippen molar-refractivity contribution in [3.63, 3.8) is 0 Å². The molecule has 22 heavy (non-hydrogen) atoms. The quantitative estimate of drug-likeness (QED) is 0.932. The van der Waals surface area contributed by atoms with Crippen molar-refractivity contribution in [2.45, 2.75) is 77.5 Å². The second kappa shape index (κ2) is 5.69. The molecule has 5 nitrogen and oxygen atoms in total. The zero-order chi connectivity index (χ0) is 15.9. The Bertz CT molecular complexity index is 562. The SMILES string of the molecule is CCC1(CC)CCCN1C(=O)c1n[nH]c2c1C[C@H](C)O[C@@H]2C. The highest BCUT2D eigenvalue weighted by molar-refractivity contribution is 5.94. The van der Waals surface area contributed by atoms with Crippen LogP contribution in [0, 0.1) is 0 Å². The van der Waals surface area contributed by atoms with E-state index in [2.05, 4.69) is 35.9 Å². The average Bonchev–Trinajstić information content (AvgIpc) is 3.10. The van der Waals surface area contributed by atoms with E-state index in [1.807, 2.05) is 6.92 Å². The summed E-state index contributed by atoms with van der Waals surface area (Å²) in [7, 11) is 0. The number of fused-ring (bicyclic) bond motifs is 1. The molecule has 0 bridgehead atoms. The van der Waals surface area contributed by atoms with Gasteiger partial charge in [0.2, 0.25) is 0 Å². The third-order valence-electron chi connectivity index (χ3n) is 5.59. The molecule has 0 aliphatic carbocycles. The standard InChI is InChI=1S/C17H27N3O2/c1-5-17(6-2)8-7-9-20(17)16(21)15-13-10-11(3)22-12(4)14(13)18-19-15/h11-12H,5-10H2,1-4H3,(H,18,19)/t11-,12+/m0/s1. The average molecular weight is 305 g/mol. The lowest BCUT2D eigenvalue weighted by molar-refractivity contribution is -0.00706. The topological polar surface area (TPSA) is 58.2 Å². The van der Waals surface area contributed by atoms with Gasteiger partial charge in [0, 0.05) is 24.1 Å². The van der Waals surface area contributed by atoms with Gasteiger partial charge in [-0.05, 0) is 39.5 Å². The van der Waals surface area contributed by atoms with Crippen LogP contribution in [0.25, 0.3) is 0 Å². The Balaban J connectivity index is 1.94. The van der Waals surface area contributed by atoms with Crippen molar-refractivity contribution in [2.24, 2.45) is 0 Å². The van der Waals surface area contributed by atoms with E-state index >= 15 is 0 Å². The Morgan fingerprint density at radius 2 is 2.14 bits per heavy atom. The molecule has 3 heterocycles. The van der Waals surface area contributed by atoms with Crippen LogP contribution in [0.2, 0.25) is 0 Å². The van der Waals surface area contributed by atoms with Crippen molar-refractivity contribution >= 4 is 5.91 Å². The largest absolute Gasteiger partial charge is 0.369 e. The Morgan fingerprint density at radius 3 is 2.82 bits per heavy atom. The minimum absolute atomic E-state index is 0.0192. The van der Waals surface area contributed by atoms with Gasteiger partial charge in [0.05, 0.1) is 17.9 Å². The van der Waals surface area contributed by atoms with Crippen LogP contribution in [0.5, 0.6) is 0 Å². The maximum atomic E-state index is 13.1. The summed E-state index contributed by atoms with van der Waals surface area (Å²) in [6, 6.07) is 0. The van der Waals surface area contributed by atoms with Crippen LogP contribution in [-0.4, -0.2) is 39.2 Å². The van der Waals surface area contributed by atoms with E-state index in [0.29, 0.717) is 5.69 Å². The molecule has 2 aliphatic heterocycles. The van der Waals surface area contributed by atoms with Gasteiger partial charge in [-0.25, -0.2) is 0 Å². The van der Waals surface area contributed by atoms with Crippen LogP contribution in [-0.2, 0) is 11.2 Å². The van der Waals surface area contributed by atoms with Crippen LogP contribution in [0.4, 0.5) is 0 Å². The number of rotatable bonds is 3. The van der Waals surface area contributed by atoms with Crippen LogP contribution in [0.1, 0.15) is 81.2 Å². The number of carbonyl (C=O) groups excluding carboxylic acids is 1. The van der Waals surface area contributed by atoms with E-state index in [1.54, 1.807) is 0 Å². The van der Waals surface area contributed by atoms with Gasteiger partial charge in [-0.15, -0.1) is 0 Å². The third-order valence-corrected chi connectivity index (χ3v) is 5.59. The molecule has 3 rings (SSSR count). The third kappa shape index (κ3) is 2.26. The van der Waals surface area contributed by atoms with E-state index in [0.717, 1.165) is 49.9 Å². The number of nitrogens with one attached hydrogen (secondary N) is 1. The molecule has 0 aromatic carbocycles. The van der Waals surface area contributed by atoms with Gasteiger partial charge in [0.1, 0.15) is 0 Å². The van der Waals surface area contributed by atoms with Crippen molar-refractivity contribution < 1.29 is 9.53 Å². The van der Waals surface area contributed by atoms with Crippen molar-refractivity contribution in [2.75, 3.05) is 6.54 Å². The van der Waals surface area contributed by atoms with Crippen molar-refractivity contribution in [1.82, 2.24) is 15.1 Å². The summed E-state index contributed by atoms with van der Waals surface area (Å²) in [4.78, 5) is 15.2. The fourth-order valence-electron chi connectivity index (χ4n) is 4.22. The molecular weight excluding hydrogens is 278 g/mol. The number of hydrogen-bond acceptors (Lipinski definition) is 3. The number of H-pyrrole nitrogens is 1. The molecule has 1 aromatic heterocycles. The lowest BCUT2D eigenvalue weighted by Gasteiger charge is -2.37. The van der Waals surface area contributed by atoms with Crippen molar-refractivity contribution in [3.05, 3.63) is 17.0 Å². The summed E-state index contributed by atoms with van der Waals surface area (Å²) >= 11 is 0. The summed E-state index contributed by atoms with van der Waals surface area (Å²) in [5.41, 5.74) is 2.67. The van der Waals surface area contributed by atoms with Crippen molar-refractivity contribution in [1.29, 1.82) is 0 Å². The minimum Gasteiger partial charge on any atom is -0.369 e. The first-order chi connectivity index (χ1) is 10.5. The summed E-state index contributed by atoms with van der Waals surface area (Å²) in [5.74, 6) is 0.0972. The molecule has 1 aromatic rings. The molecule has 2 atom stereocenters. The molecule has 2 aliphatic rings. The summed E-state index contributed by atoms with van der Waals surface area (Å²) < 4.78 is 5.82. The number of likely N-dealkylation sites (tertiary alicyclic amines) is 1. The predicted molar refractivity (Wildman–Crippen MR) is 84.8 cm³/mol. The molecule has 5 heteroatoms. The predicted octanol–water partition coefficient (Wildman–Crippen LogP) is 3.23. The van der Waals surface area contributed by atoms with Gasteiger partial charge in [0.15, 0.2) is 5.69 Å². The number of aromatic nitrogens is 2. The van der Waals surface area contributed by atoms with Gasteiger partial charge in [-0.1, -0.05) is 13.8 Å². The van der Waals surface area contributed by atoms with Crippen LogP contribution < -0.4 is 0 Å².